The van der Waals surface area contributed by atoms with Crippen LogP contribution < -0.4 is 5.32 Å². The van der Waals surface area contributed by atoms with E-state index in [0.717, 1.165) is 97.4 Å². The van der Waals surface area contributed by atoms with Gasteiger partial charge in [0, 0.05) is 48.4 Å². The van der Waals surface area contributed by atoms with Gasteiger partial charge >= 0.3 is 0 Å². The largest absolute Gasteiger partial charge is 0.379 e. The summed E-state index contributed by atoms with van der Waals surface area (Å²) in [4.78, 5) is 24.3. The first-order chi connectivity index (χ1) is 16.5. The summed E-state index contributed by atoms with van der Waals surface area (Å²) < 4.78 is 5.46. The van der Waals surface area contributed by atoms with Crippen LogP contribution in [-0.4, -0.2) is 53.6 Å². The number of carbonyl (C=O) groups excluding carboxylic acids is 1. The molecule has 34 heavy (non-hydrogen) atoms. The van der Waals surface area contributed by atoms with E-state index in [9.17, 15) is 4.79 Å². The van der Waals surface area contributed by atoms with E-state index in [1.54, 1.807) is 0 Å². The lowest BCUT2D eigenvalue weighted by atomic mass is 9.98. The molecule has 2 saturated carbocycles. The van der Waals surface area contributed by atoms with E-state index < -0.39 is 0 Å². The van der Waals surface area contributed by atoms with Crippen LogP contribution in [0.5, 0.6) is 0 Å². The number of fused-ring (bicyclic) bond motifs is 1. The Morgan fingerprint density at radius 3 is 2.68 bits per heavy atom. The SMILES string of the molecule is C=C(/C=C(C)\C(=C/C)c1cc2cnc(NC(=O)C3CC3)cc2c(C2CC2)n1)CN1CCOCC1. The standard InChI is InChI=1S/C28H34N4O2/c1-4-23(19(3)13-18(2)17-32-9-11-34-12-10-32)25-14-22-16-29-26(31-28(33)21-7-8-21)15-24(22)27(30-25)20-5-6-20/h4,13-16,20-21H,2,5-12,17H2,1,3H3,(H,29,31,33)/b19-13-,23-4+. The Bertz CT molecular complexity index is 1170. The third-order valence-corrected chi connectivity index (χ3v) is 6.85. The first-order valence-electron chi connectivity index (χ1n) is 12.5. The van der Waals surface area contributed by atoms with Gasteiger partial charge in [0.05, 0.1) is 24.6 Å². The van der Waals surface area contributed by atoms with Crippen LogP contribution >= 0.6 is 0 Å². The number of hydrogen-bond donors (Lipinski definition) is 1. The number of aromatic nitrogens is 2. The number of nitrogens with one attached hydrogen (secondary N) is 1. The molecule has 1 N–H and O–H groups in total. The third kappa shape index (κ3) is 5.29. The van der Waals surface area contributed by atoms with Gasteiger partial charge in [0.2, 0.25) is 5.91 Å². The molecular weight excluding hydrogens is 424 g/mol. The highest BCUT2D eigenvalue weighted by Gasteiger charge is 2.31. The van der Waals surface area contributed by atoms with Crippen molar-refractivity contribution in [3.63, 3.8) is 0 Å². The van der Waals surface area contributed by atoms with Crippen molar-refractivity contribution in [1.29, 1.82) is 0 Å². The topological polar surface area (TPSA) is 67.4 Å². The minimum atomic E-state index is 0.0821. The summed E-state index contributed by atoms with van der Waals surface area (Å²) >= 11 is 0. The molecule has 1 saturated heterocycles. The van der Waals surface area contributed by atoms with Crippen molar-refractivity contribution in [3.8, 4) is 0 Å². The summed E-state index contributed by atoms with van der Waals surface area (Å²) in [5.41, 5.74) is 5.48. The van der Waals surface area contributed by atoms with Gasteiger partial charge in [0.25, 0.3) is 0 Å². The fraction of sp³-hybridized carbons (Fsp3) is 0.464. The quantitative estimate of drug-likeness (QED) is 0.558. The van der Waals surface area contributed by atoms with Gasteiger partial charge < -0.3 is 10.1 Å². The van der Waals surface area contributed by atoms with Gasteiger partial charge in [-0.2, -0.15) is 0 Å². The average Bonchev–Trinajstić information content (AvgIpc) is 3.73. The number of hydrogen-bond acceptors (Lipinski definition) is 5. The normalized spacial score (nSPS) is 19.9. The van der Waals surface area contributed by atoms with E-state index in [4.69, 9.17) is 9.72 Å². The van der Waals surface area contributed by atoms with Crippen LogP contribution in [0.15, 0.2) is 48.2 Å². The predicted molar refractivity (Wildman–Crippen MR) is 137 cm³/mol. The van der Waals surface area contributed by atoms with Crippen LogP contribution in [0.4, 0.5) is 5.82 Å². The highest BCUT2D eigenvalue weighted by molar-refractivity contribution is 5.96. The van der Waals surface area contributed by atoms with E-state index in [1.165, 1.54) is 0 Å². The highest BCUT2D eigenvalue weighted by atomic mass is 16.5. The van der Waals surface area contributed by atoms with Gasteiger partial charge in [-0.1, -0.05) is 18.7 Å². The molecule has 0 atom stereocenters. The monoisotopic (exact) mass is 458 g/mol. The summed E-state index contributed by atoms with van der Waals surface area (Å²) in [7, 11) is 0. The number of allylic oxidation sites excluding steroid dienone is 3. The third-order valence-electron chi connectivity index (χ3n) is 6.85. The Labute approximate surface area is 201 Å². The molecule has 3 heterocycles. The van der Waals surface area contributed by atoms with Crippen LogP contribution in [0, 0.1) is 5.92 Å². The van der Waals surface area contributed by atoms with Crippen molar-refractivity contribution in [2.75, 3.05) is 38.2 Å². The average molecular weight is 459 g/mol. The van der Waals surface area contributed by atoms with Crippen molar-refractivity contribution < 1.29 is 9.53 Å². The van der Waals surface area contributed by atoms with Gasteiger partial charge in [-0.25, -0.2) is 4.98 Å². The minimum Gasteiger partial charge on any atom is -0.379 e. The van der Waals surface area contributed by atoms with Crippen LogP contribution in [0.1, 0.15) is 56.8 Å². The summed E-state index contributed by atoms with van der Waals surface area (Å²) in [5.74, 6) is 1.35. The van der Waals surface area contributed by atoms with Gasteiger partial charge in [0.15, 0.2) is 0 Å². The van der Waals surface area contributed by atoms with Crippen molar-refractivity contribution >= 4 is 28.1 Å². The van der Waals surface area contributed by atoms with Crippen LogP contribution in [0.3, 0.4) is 0 Å². The van der Waals surface area contributed by atoms with Crippen molar-refractivity contribution in [3.05, 3.63) is 59.6 Å². The molecule has 1 aliphatic heterocycles. The van der Waals surface area contributed by atoms with Crippen LogP contribution in [0.25, 0.3) is 16.3 Å². The Morgan fingerprint density at radius 2 is 2.00 bits per heavy atom. The molecule has 1 amide bonds. The van der Waals surface area contributed by atoms with Crippen LogP contribution in [0.2, 0.25) is 0 Å². The first kappa shape index (κ1) is 22.9. The van der Waals surface area contributed by atoms with E-state index >= 15 is 0 Å². The molecule has 2 aliphatic carbocycles. The fourth-order valence-corrected chi connectivity index (χ4v) is 4.67. The number of anilines is 1. The van der Waals surface area contributed by atoms with E-state index in [0.29, 0.717) is 11.7 Å². The lowest BCUT2D eigenvalue weighted by Gasteiger charge is -2.26. The van der Waals surface area contributed by atoms with Gasteiger partial charge in [0.1, 0.15) is 5.82 Å². The first-order valence-corrected chi connectivity index (χ1v) is 12.5. The maximum atomic E-state index is 12.2. The molecule has 3 fully saturated rings. The maximum Gasteiger partial charge on any atom is 0.228 e. The molecule has 0 unspecified atom stereocenters. The molecule has 0 bridgehead atoms. The number of morpholine rings is 1. The Kier molecular flexibility index (Phi) is 6.61. The molecule has 0 radical (unpaired) electrons. The van der Waals surface area contributed by atoms with Crippen molar-refractivity contribution in [2.24, 2.45) is 5.92 Å². The molecule has 5 rings (SSSR count). The molecule has 178 valence electrons. The number of nitrogens with zero attached hydrogens (tertiary/aromatic N) is 3. The Hall–Kier alpha value is -2.83. The van der Waals surface area contributed by atoms with E-state index in [-0.39, 0.29) is 11.8 Å². The fourth-order valence-electron chi connectivity index (χ4n) is 4.67. The molecule has 0 aromatic carbocycles. The van der Waals surface area contributed by atoms with E-state index in [1.807, 2.05) is 12.3 Å². The Morgan fingerprint density at radius 1 is 1.24 bits per heavy atom. The summed E-state index contributed by atoms with van der Waals surface area (Å²) in [6.07, 6.45) is 10.5. The summed E-state index contributed by atoms with van der Waals surface area (Å²) in [5, 5.41) is 5.15. The number of carbonyl (C=O) groups is 1. The predicted octanol–water partition coefficient (Wildman–Crippen LogP) is 5.09. The summed E-state index contributed by atoms with van der Waals surface area (Å²) in [6.45, 7) is 12.9. The van der Waals surface area contributed by atoms with Gasteiger partial charge in [-0.05, 0) is 68.4 Å². The second-order valence-electron chi connectivity index (χ2n) is 9.80. The molecule has 0 spiro atoms. The zero-order valence-corrected chi connectivity index (χ0v) is 20.3. The zero-order chi connectivity index (χ0) is 23.7. The van der Waals surface area contributed by atoms with E-state index in [2.05, 4.69) is 53.8 Å². The van der Waals surface area contributed by atoms with Crippen LogP contribution in [-0.2, 0) is 9.53 Å². The smallest absolute Gasteiger partial charge is 0.228 e. The molecule has 2 aromatic rings. The number of amides is 1. The number of pyridine rings is 2. The number of rotatable bonds is 8. The van der Waals surface area contributed by atoms with Gasteiger partial charge in [-0.15, -0.1) is 0 Å². The maximum absolute atomic E-state index is 12.2. The Balaban J connectivity index is 1.41. The molecular formula is C28H34N4O2. The molecule has 2 aromatic heterocycles. The number of ether oxygens (including phenoxy) is 1. The van der Waals surface area contributed by atoms with Crippen molar-refractivity contribution in [1.82, 2.24) is 14.9 Å². The molecule has 6 nitrogen and oxygen atoms in total. The van der Waals surface area contributed by atoms with Crippen molar-refractivity contribution in [2.45, 2.75) is 45.4 Å². The minimum absolute atomic E-state index is 0.0821. The molecule has 6 heteroatoms. The highest BCUT2D eigenvalue weighted by Crippen LogP contribution is 2.43. The molecule has 3 aliphatic rings. The lowest BCUT2D eigenvalue weighted by Crippen LogP contribution is -2.37. The second kappa shape index (κ2) is 9.80. The second-order valence-corrected chi connectivity index (χ2v) is 9.80. The lowest BCUT2D eigenvalue weighted by molar-refractivity contribution is -0.117. The van der Waals surface area contributed by atoms with Gasteiger partial charge in [-0.3, -0.25) is 14.7 Å². The summed E-state index contributed by atoms with van der Waals surface area (Å²) in [6, 6.07) is 4.13. The zero-order valence-electron chi connectivity index (χ0n) is 20.3.